The first-order chi connectivity index (χ1) is 13.3. The molecule has 1 N–H and O–H groups in total. The van der Waals surface area contributed by atoms with Gasteiger partial charge >= 0.3 is 0 Å². The van der Waals surface area contributed by atoms with Crippen LogP contribution >= 0.6 is 23.1 Å². The van der Waals surface area contributed by atoms with E-state index in [1.54, 1.807) is 29.4 Å². The second kappa shape index (κ2) is 7.09. The number of carbonyl (C=O) groups excluding carboxylic acids is 1. The highest BCUT2D eigenvalue weighted by molar-refractivity contribution is 7.99. The van der Waals surface area contributed by atoms with Gasteiger partial charge in [-0.25, -0.2) is 9.97 Å². The number of nitrogens with zero attached hydrogens (tertiary/aromatic N) is 4. The normalized spacial score (nSPS) is 19.6. The van der Waals surface area contributed by atoms with Crippen LogP contribution in [0.25, 0.3) is 10.3 Å². The van der Waals surface area contributed by atoms with Crippen molar-refractivity contribution in [1.29, 1.82) is 0 Å². The standard InChI is InChI=1S/C19H19N5OS2/c25-18(20-8-12-4-2-1-3-5-12)14-9-26-11-24(14)19-23-17-16(27-19)15(13-6-7-13)21-10-22-17/h1-5,10,13-14H,6-9,11H2,(H,20,25). The van der Waals surface area contributed by atoms with Crippen LogP contribution in [0.4, 0.5) is 5.13 Å². The third-order valence-corrected chi connectivity index (χ3v) is 7.03. The number of benzene rings is 1. The molecule has 1 aromatic carbocycles. The highest BCUT2D eigenvalue weighted by Gasteiger charge is 2.34. The first-order valence-electron chi connectivity index (χ1n) is 9.07. The lowest BCUT2D eigenvalue weighted by Crippen LogP contribution is -2.44. The lowest BCUT2D eigenvalue weighted by molar-refractivity contribution is -0.122. The summed E-state index contributed by atoms with van der Waals surface area (Å²) < 4.78 is 1.08. The average molecular weight is 398 g/mol. The van der Waals surface area contributed by atoms with Gasteiger partial charge in [-0.3, -0.25) is 4.79 Å². The molecule has 1 saturated heterocycles. The summed E-state index contributed by atoms with van der Waals surface area (Å²) in [6.45, 7) is 0.547. The molecule has 27 heavy (non-hydrogen) atoms. The molecule has 1 saturated carbocycles. The molecule has 1 aliphatic carbocycles. The van der Waals surface area contributed by atoms with E-state index in [2.05, 4.69) is 20.2 Å². The van der Waals surface area contributed by atoms with Gasteiger partial charge in [0.25, 0.3) is 0 Å². The quantitative estimate of drug-likeness (QED) is 0.713. The van der Waals surface area contributed by atoms with Crippen molar-refractivity contribution in [1.82, 2.24) is 20.3 Å². The molecule has 8 heteroatoms. The third kappa shape index (κ3) is 3.39. The zero-order chi connectivity index (χ0) is 18.2. The van der Waals surface area contributed by atoms with Crippen molar-refractivity contribution >= 4 is 44.5 Å². The van der Waals surface area contributed by atoms with Crippen molar-refractivity contribution in [2.45, 2.75) is 31.3 Å². The maximum Gasteiger partial charge on any atom is 0.243 e. The number of aromatic nitrogens is 3. The Morgan fingerprint density at radius 1 is 1.22 bits per heavy atom. The van der Waals surface area contributed by atoms with Crippen molar-refractivity contribution < 1.29 is 4.79 Å². The summed E-state index contributed by atoms with van der Waals surface area (Å²) in [6, 6.07) is 9.79. The molecule has 1 aliphatic heterocycles. The van der Waals surface area contributed by atoms with Gasteiger partial charge in [-0.1, -0.05) is 41.7 Å². The lowest BCUT2D eigenvalue weighted by Gasteiger charge is -2.22. The Morgan fingerprint density at radius 2 is 2.07 bits per heavy atom. The fourth-order valence-corrected chi connectivity index (χ4v) is 5.66. The van der Waals surface area contributed by atoms with Gasteiger partial charge in [0.15, 0.2) is 10.8 Å². The Kier molecular flexibility index (Phi) is 4.45. The molecule has 2 aromatic heterocycles. The van der Waals surface area contributed by atoms with Crippen molar-refractivity contribution in [2.75, 3.05) is 16.5 Å². The summed E-state index contributed by atoms with van der Waals surface area (Å²) in [7, 11) is 0. The fourth-order valence-electron chi connectivity index (χ4n) is 3.28. The Morgan fingerprint density at radius 3 is 2.89 bits per heavy atom. The van der Waals surface area contributed by atoms with Crippen LogP contribution in [0.2, 0.25) is 0 Å². The maximum atomic E-state index is 12.8. The molecule has 0 spiro atoms. The molecule has 3 heterocycles. The first-order valence-corrected chi connectivity index (χ1v) is 11.0. The van der Waals surface area contributed by atoms with E-state index in [1.807, 2.05) is 30.3 Å². The molecule has 2 fully saturated rings. The van der Waals surface area contributed by atoms with Crippen LogP contribution in [0.3, 0.4) is 0 Å². The van der Waals surface area contributed by atoms with E-state index in [-0.39, 0.29) is 11.9 Å². The smallest absolute Gasteiger partial charge is 0.243 e. The second-order valence-corrected chi connectivity index (χ2v) is 8.85. The third-order valence-electron chi connectivity index (χ3n) is 4.91. The zero-order valence-electron chi connectivity index (χ0n) is 14.7. The monoisotopic (exact) mass is 397 g/mol. The summed E-state index contributed by atoms with van der Waals surface area (Å²) in [4.78, 5) is 28.4. The Labute approximate surface area is 165 Å². The number of amides is 1. The van der Waals surface area contributed by atoms with Crippen molar-refractivity contribution in [3.8, 4) is 0 Å². The summed E-state index contributed by atoms with van der Waals surface area (Å²) in [5, 5.41) is 3.94. The number of hydrogen-bond acceptors (Lipinski definition) is 7. The van der Waals surface area contributed by atoms with Crippen LogP contribution in [0.5, 0.6) is 0 Å². The number of thioether (sulfide) groups is 1. The number of hydrogen-bond donors (Lipinski definition) is 1. The van der Waals surface area contributed by atoms with Crippen LogP contribution in [0, 0.1) is 0 Å². The van der Waals surface area contributed by atoms with Crippen LogP contribution in [-0.2, 0) is 11.3 Å². The molecule has 3 aromatic rings. The Bertz CT molecular complexity index is 973. The number of thiazole rings is 1. The van der Waals surface area contributed by atoms with Gasteiger partial charge in [-0.2, -0.15) is 4.98 Å². The molecule has 0 bridgehead atoms. The molecule has 5 rings (SSSR count). The number of anilines is 1. The van der Waals surface area contributed by atoms with Crippen molar-refractivity contribution in [3.05, 3.63) is 47.9 Å². The summed E-state index contributed by atoms with van der Waals surface area (Å²) >= 11 is 3.39. The molecule has 6 nitrogen and oxygen atoms in total. The van der Waals surface area contributed by atoms with Gasteiger partial charge in [0.2, 0.25) is 5.91 Å². The highest BCUT2D eigenvalue weighted by atomic mass is 32.2. The van der Waals surface area contributed by atoms with Crippen LogP contribution in [-0.4, -0.2) is 38.5 Å². The zero-order valence-corrected chi connectivity index (χ0v) is 16.3. The number of nitrogens with one attached hydrogen (secondary N) is 1. The molecule has 0 radical (unpaired) electrons. The number of rotatable bonds is 5. The molecule has 138 valence electrons. The van der Waals surface area contributed by atoms with Crippen LogP contribution in [0.15, 0.2) is 36.7 Å². The highest BCUT2D eigenvalue weighted by Crippen LogP contribution is 2.44. The van der Waals surface area contributed by atoms with Gasteiger partial charge in [0.1, 0.15) is 12.4 Å². The summed E-state index contributed by atoms with van der Waals surface area (Å²) in [5.41, 5.74) is 2.99. The minimum Gasteiger partial charge on any atom is -0.350 e. The predicted octanol–water partition coefficient (Wildman–Crippen LogP) is 3.16. The van der Waals surface area contributed by atoms with Gasteiger partial charge in [0, 0.05) is 18.2 Å². The number of fused-ring (bicyclic) bond motifs is 1. The Hall–Kier alpha value is -2.19. The van der Waals surface area contributed by atoms with Gasteiger partial charge in [-0.15, -0.1) is 11.8 Å². The van der Waals surface area contributed by atoms with Crippen LogP contribution < -0.4 is 10.2 Å². The van der Waals surface area contributed by atoms with Crippen LogP contribution in [0.1, 0.15) is 30.0 Å². The van der Waals surface area contributed by atoms with Gasteiger partial charge in [0.05, 0.1) is 16.3 Å². The molecule has 2 aliphatic rings. The predicted molar refractivity (Wildman–Crippen MR) is 109 cm³/mol. The topological polar surface area (TPSA) is 71.0 Å². The molecule has 1 unspecified atom stereocenters. The van der Waals surface area contributed by atoms with E-state index >= 15 is 0 Å². The summed E-state index contributed by atoms with van der Waals surface area (Å²) in [5.74, 6) is 2.16. The molecular formula is C19H19N5OS2. The first kappa shape index (κ1) is 16.9. The van der Waals surface area contributed by atoms with E-state index < -0.39 is 0 Å². The van der Waals surface area contributed by atoms with E-state index in [0.29, 0.717) is 12.5 Å². The average Bonchev–Trinajstić information content (AvgIpc) is 3.26. The lowest BCUT2D eigenvalue weighted by atomic mass is 10.2. The molecule has 1 amide bonds. The molecular weight excluding hydrogens is 378 g/mol. The SMILES string of the molecule is O=C(NCc1ccccc1)C1CSCN1c1nc2ncnc(C3CC3)c2s1. The summed E-state index contributed by atoms with van der Waals surface area (Å²) in [6.07, 6.45) is 4.01. The Balaban J connectivity index is 1.35. The maximum absolute atomic E-state index is 12.8. The second-order valence-electron chi connectivity index (χ2n) is 6.87. The van der Waals surface area contributed by atoms with E-state index in [9.17, 15) is 4.79 Å². The molecule has 1 atom stereocenters. The minimum atomic E-state index is -0.198. The van der Waals surface area contributed by atoms with E-state index in [1.165, 1.54) is 12.8 Å². The number of carbonyl (C=O) groups is 1. The van der Waals surface area contributed by atoms with E-state index in [0.717, 1.165) is 38.4 Å². The fraction of sp³-hybridized carbons (Fsp3) is 0.368. The van der Waals surface area contributed by atoms with Gasteiger partial charge < -0.3 is 10.2 Å². The van der Waals surface area contributed by atoms with Gasteiger partial charge in [-0.05, 0) is 18.4 Å². The minimum absolute atomic E-state index is 0.0524. The van der Waals surface area contributed by atoms with Crippen molar-refractivity contribution in [2.24, 2.45) is 0 Å². The van der Waals surface area contributed by atoms with Crippen molar-refractivity contribution in [3.63, 3.8) is 0 Å². The van der Waals surface area contributed by atoms with E-state index in [4.69, 9.17) is 4.98 Å². The largest absolute Gasteiger partial charge is 0.350 e.